The van der Waals surface area contributed by atoms with Crippen LogP contribution in [0.15, 0.2) is 12.2 Å². The van der Waals surface area contributed by atoms with Gasteiger partial charge in [0.2, 0.25) is 0 Å². The smallest absolute Gasteiger partial charge is 0.0913 e. The molecule has 0 aromatic heterocycles. The summed E-state index contributed by atoms with van der Waals surface area (Å²) >= 11 is 0. The maximum Gasteiger partial charge on any atom is 0.0913 e. The fourth-order valence-electron chi connectivity index (χ4n) is 4.62. The van der Waals surface area contributed by atoms with E-state index in [0.717, 1.165) is 26.1 Å². The van der Waals surface area contributed by atoms with Crippen molar-refractivity contribution in [1.29, 1.82) is 0 Å². The van der Waals surface area contributed by atoms with E-state index in [1.54, 1.807) is 14.2 Å². The van der Waals surface area contributed by atoms with Crippen LogP contribution in [-0.2, 0) is 14.2 Å². The molecule has 3 atom stereocenters. The molecule has 1 saturated carbocycles. The van der Waals surface area contributed by atoms with Crippen LogP contribution in [0.4, 0.5) is 0 Å². The van der Waals surface area contributed by atoms with Crippen molar-refractivity contribution < 1.29 is 14.2 Å². The number of fused-ring (bicyclic) bond motifs is 1. The van der Waals surface area contributed by atoms with Crippen molar-refractivity contribution in [3.8, 4) is 0 Å². The van der Waals surface area contributed by atoms with E-state index in [4.69, 9.17) is 14.2 Å². The Morgan fingerprint density at radius 2 is 1.89 bits per heavy atom. The summed E-state index contributed by atoms with van der Waals surface area (Å²) in [5.41, 5.74) is 0.300. The van der Waals surface area contributed by atoms with Gasteiger partial charge in [-0.1, -0.05) is 26.0 Å². The molecule has 3 heteroatoms. The second kappa shape index (κ2) is 3.81. The van der Waals surface area contributed by atoms with Gasteiger partial charge in [0.15, 0.2) is 0 Å². The van der Waals surface area contributed by atoms with Gasteiger partial charge in [-0.3, -0.25) is 0 Å². The highest BCUT2D eigenvalue weighted by Gasteiger charge is 2.67. The van der Waals surface area contributed by atoms with Crippen LogP contribution in [0, 0.1) is 16.7 Å². The van der Waals surface area contributed by atoms with Crippen LogP contribution in [0.25, 0.3) is 0 Å². The Labute approximate surface area is 109 Å². The summed E-state index contributed by atoms with van der Waals surface area (Å²) in [5.74, 6) is 0.588. The highest BCUT2D eigenvalue weighted by molar-refractivity contribution is 5.30. The van der Waals surface area contributed by atoms with Gasteiger partial charge in [0.1, 0.15) is 0 Å². The van der Waals surface area contributed by atoms with Gasteiger partial charge in [-0.25, -0.2) is 0 Å². The molecule has 1 aliphatic carbocycles. The van der Waals surface area contributed by atoms with Crippen LogP contribution >= 0.6 is 0 Å². The molecule has 3 aliphatic rings. The number of hydrogen-bond acceptors (Lipinski definition) is 3. The summed E-state index contributed by atoms with van der Waals surface area (Å²) in [7, 11) is 3.56. The number of ether oxygens (including phenoxy) is 3. The van der Waals surface area contributed by atoms with Crippen molar-refractivity contribution in [2.24, 2.45) is 16.7 Å². The molecule has 0 unspecified atom stereocenters. The van der Waals surface area contributed by atoms with E-state index >= 15 is 0 Å². The van der Waals surface area contributed by atoms with Crippen LogP contribution in [0.5, 0.6) is 0 Å². The molecule has 3 rings (SSSR count). The normalized spacial score (nSPS) is 42.4. The van der Waals surface area contributed by atoms with Gasteiger partial charge < -0.3 is 14.2 Å². The first-order chi connectivity index (χ1) is 8.48. The van der Waals surface area contributed by atoms with Gasteiger partial charge in [-0.05, 0) is 12.8 Å². The van der Waals surface area contributed by atoms with Gasteiger partial charge in [-0.2, -0.15) is 0 Å². The number of rotatable bonds is 4. The Morgan fingerprint density at radius 3 is 2.44 bits per heavy atom. The van der Waals surface area contributed by atoms with E-state index < -0.39 is 0 Å². The molecule has 0 radical (unpaired) electrons. The molecule has 18 heavy (non-hydrogen) atoms. The lowest BCUT2D eigenvalue weighted by atomic mass is 9.68. The molecule has 0 amide bonds. The second-order valence-corrected chi connectivity index (χ2v) is 6.97. The fourth-order valence-corrected chi connectivity index (χ4v) is 4.62. The van der Waals surface area contributed by atoms with Crippen molar-refractivity contribution >= 4 is 0 Å². The van der Waals surface area contributed by atoms with Gasteiger partial charge in [0.25, 0.3) is 0 Å². The Kier molecular flexibility index (Phi) is 2.68. The van der Waals surface area contributed by atoms with E-state index in [2.05, 4.69) is 26.0 Å². The Balaban J connectivity index is 1.92. The van der Waals surface area contributed by atoms with Crippen molar-refractivity contribution in [3.63, 3.8) is 0 Å². The third-order valence-corrected chi connectivity index (χ3v) is 5.31. The zero-order valence-electron chi connectivity index (χ0n) is 11.9. The first kappa shape index (κ1) is 12.6. The minimum absolute atomic E-state index is 0.0504. The van der Waals surface area contributed by atoms with Crippen LogP contribution in [-0.4, -0.2) is 39.1 Å². The van der Waals surface area contributed by atoms with Crippen LogP contribution in [0.2, 0.25) is 0 Å². The first-order valence-electron chi connectivity index (χ1n) is 6.83. The number of methoxy groups -OCH3 is 2. The lowest BCUT2D eigenvalue weighted by Crippen LogP contribution is -2.35. The maximum absolute atomic E-state index is 6.32. The van der Waals surface area contributed by atoms with Crippen molar-refractivity contribution in [3.05, 3.63) is 12.2 Å². The highest BCUT2D eigenvalue weighted by atomic mass is 16.5. The minimum Gasteiger partial charge on any atom is -0.384 e. The monoisotopic (exact) mass is 252 g/mol. The van der Waals surface area contributed by atoms with Gasteiger partial charge in [0.05, 0.1) is 24.9 Å². The van der Waals surface area contributed by atoms with Gasteiger partial charge in [0, 0.05) is 31.0 Å². The zero-order chi connectivity index (χ0) is 13.0. The molecule has 102 valence electrons. The summed E-state index contributed by atoms with van der Waals surface area (Å²) in [6, 6.07) is 0. The average Bonchev–Trinajstić information content (AvgIpc) is 2.88. The molecular formula is C15H24O3. The summed E-state index contributed by atoms with van der Waals surface area (Å²) < 4.78 is 17.2. The molecule has 2 heterocycles. The zero-order valence-corrected chi connectivity index (χ0v) is 11.9. The van der Waals surface area contributed by atoms with Crippen LogP contribution in [0.3, 0.4) is 0 Å². The molecule has 0 aromatic rings. The van der Waals surface area contributed by atoms with Crippen molar-refractivity contribution in [1.82, 2.24) is 0 Å². The molecule has 0 N–H and O–H groups in total. The van der Waals surface area contributed by atoms with E-state index in [1.807, 2.05) is 0 Å². The third-order valence-electron chi connectivity index (χ3n) is 5.31. The minimum atomic E-state index is -0.0504. The predicted octanol–water partition coefficient (Wildman–Crippen LogP) is 2.41. The third kappa shape index (κ3) is 1.47. The van der Waals surface area contributed by atoms with Crippen molar-refractivity contribution in [2.45, 2.75) is 38.4 Å². The molecular weight excluding hydrogens is 228 g/mol. The fraction of sp³-hybridized carbons (Fsp3) is 0.867. The SMILES string of the molecule is COCC1(COC)C[C@@H]2C(C)(C)[C@H]3C=C[C@]2(C1)O3. The second-order valence-electron chi connectivity index (χ2n) is 6.97. The van der Waals surface area contributed by atoms with E-state index in [0.29, 0.717) is 12.0 Å². The predicted molar refractivity (Wildman–Crippen MR) is 69.4 cm³/mol. The van der Waals surface area contributed by atoms with E-state index in [-0.39, 0.29) is 16.4 Å². The Hall–Kier alpha value is -0.380. The number of hydrogen-bond donors (Lipinski definition) is 0. The molecule has 2 aliphatic heterocycles. The highest BCUT2D eigenvalue weighted by Crippen LogP contribution is 2.65. The Morgan fingerprint density at radius 1 is 1.22 bits per heavy atom. The molecule has 3 nitrogen and oxygen atoms in total. The largest absolute Gasteiger partial charge is 0.384 e. The Bertz CT molecular complexity index is 368. The quantitative estimate of drug-likeness (QED) is 0.719. The molecule has 0 aromatic carbocycles. The van der Waals surface area contributed by atoms with Gasteiger partial charge >= 0.3 is 0 Å². The maximum atomic E-state index is 6.32. The average molecular weight is 252 g/mol. The first-order valence-corrected chi connectivity index (χ1v) is 6.83. The van der Waals surface area contributed by atoms with Crippen molar-refractivity contribution in [2.75, 3.05) is 27.4 Å². The summed E-state index contributed by atoms with van der Waals surface area (Å²) in [6.07, 6.45) is 7.03. The van der Waals surface area contributed by atoms with Gasteiger partial charge in [-0.15, -0.1) is 0 Å². The van der Waals surface area contributed by atoms with Crippen LogP contribution < -0.4 is 0 Å². The molecule has 2 bridgehead atoms. The van der Waals surface area contributed by atoms with E-state index in [9.17, 15) is 0 Å². The molecule has 1 saturated heterocycles. The lowest BCUT2D eigenvalue weighted by molar-refractivity contribution is -0.0341. The molecule has 1 spiro atoms. The lowest BCUT2D eigenvalue weighted by Gasteiger charge is -2.34. The summed E-state index contributed by atoms with van der Waals surface area (Å²) in [6.45, 7) is 6.20. The summed E-state index contributed by atoms with van der Waals surface area (Å²) in [5, 5.41) is 0. The topological polar surface area (TPSA) is 27.7 Å². The molecule has 2 fully saturated rings. The van der Waals surface area contributed by atoms with E-state index in [1.165, 1.54) is 0 Å². The summed E-state index contributed by atoms with van der Waals surface area (Å²) in [4.78, 5) is 0. The van der Waals surface area contributed by atoms with Crippen LogP contribution in [0.1, 0.15) is 26.7 Å². The standard InChI is InChI=1S/C15H24O3/c1-13(2)11-7-14(9-16-3,10-17-4)8-15(11)6-5-12(13)18-15/h5-6,11-12H,7-10H2,1-4H3/t11-,12-,15-/m1/s1.